The number of nitrogens with two attached hydrogens (primary N) is 2. The molecule has 0 saturated carbocycles. The second-order valence-electron chi connectivity index (χ2n) is 20.8. The van der Waals surface area contributed by atoms with Crippen LogP contribution in [0.15, 0.2) is 149 Å². The fourth-order valence-corrected chi connectivity index (χ4v) is 9.37. The van der Waals surface area contributed by atoms with Crippen LogP contribution in [0.5, 0.6) is 0 Å². The summed E-state index contributed by atoms with van der Waals surface area (Å²) in [5.74, 6) is 1.95. The normalized spacial score (nSPS) is 10.4. The molecule has 0 spiro atoms. The average Bonchev–Trinajstić information content (AvgIpc) is 0.849. The molecule has 10 rings (SSSR count). The highest BCUT2D eigenvalue weighted by Gasteiger charge is 2.20. The molecule has 0 aliphatic carbocycles. The quantitative estimate of drug-likeness (QED) is 0.0228. The Bertz CT molecular complexity index is 5120. The van der Waals surface area contributed by atoms with Gasteiger partial charge in [0.25, 0.3) is 5.69 Å². The van der Waals surface area contributed by atoms with Gasteiger partial charge in [-0.1, -0.05) is 50.1 Å². The number of benzene rings is 5. The highest BCUT2D eigenvalue weighted by molar-refractivity contribution is 9.24. The molecule has 0 amide bonds. The number of nitro benzene ring substituents is 1. The van der Waals surface area contributed by atoms with Crippen molar-refractivity contribution in [1.82, 2.24) is 0 Å². The van der Waals surface area contributed by atoms with E-state index in [1.807, 2.05) is 38.1 Å². The number of non-ortho nitro benzene ring substituents is 1. The Labute approximate surface area is 552 Å². The Morgan fingerprint density at radius 1 is 0.564 bits per heavy atom. The molecule has 5 aromatic heterocycles. The third-order valence-corrected chi connectivity index (χ3v) is 13.6. The van der Waals surface area contributed by atoms with Gasteiger partial charge in [-0.25, -0.2) is 0 Å². The Hall–Kier alpha value is -11.4. The first kappa shape index (κ1) is 75.1. The fraction of sp³-hybridized carbons (Fsp3) is 0.217. The number of nitrogen functional groups attached to an aromatic ring is 1. The summed E-state index contributed by atoms with van der Waals surface area (Å²) in [6, 6.07) is 30.7. The van der Waals surface area contributed by atoms with Crippen LogP contribution in [0.2, 0.25) is 0 Å². The average molecular weight is 1400 g/mol. The van der Waals surface area contributed by atoms with Gasteiger partial charge in [0.1, 0.15) is 92.5 Å². The van der Waals surface area contributed by atoms with Crippen molar-refractivity contribution in [1.29, 1.82) is 21.0 Å². The van der Waals surface area contributed by atoms with Gasteiger partial charge in [0.05, 0.1) is 64.6 Å². The summed E-state index contributed by atoms with van der Waals surface area (Å²) in [7, 11) is 0. The second kappa shape index (κ2) is 34.2. The van der Waals surface area contributed by atoms with E-state index in [1.165, 1.54) is 61.5 Å². The number of anilines is 1. The minimum Gasteiger partial charge on any atom is -0.463 e. The van der Waals surface area contributed by atoms with E-state index in [-0.39, 0.29) is 82.4 Å². The third-order valence-electron chi connectivity index (χ3n) is 12.6. The number of nitrogens with zero attached hydrogens (tertiary/aromatic N) is 5. The number of hydrogen-bond acceptors (Lipinski definition) is 22. The third kappa shape index (κ3) is 19.8. The zero-order valence-corrected chi connectivity index (χ0v) is 56.0. The van der Waals surface area contributed by atoms with Gasteiger partial charge in [-0.2, -0.15) is 21.0 Å². The Morgan fingerprint density at radius 3 is 1.32 bits per heavy atom. The Kier molecular flexibility index (Phi) is 27.3. The predicted molar refractivity (Wildman–Crippen MR) is 362 cm³/mol. The topological polar surface area (TPSA) is 402 Å². The van der Waals surface area contributed by atoms with Gasteiger partial charge < -0.3 is 38.3 Å². The molecule has 10 aromatic rings. The molecule has 0 aliphatic heterocycles. The van der Waals surface area contributed by atoms with E-state index < -0.39 is 10.9 Å². The Morgan fingerprint density at radius 2 is 0.926 bits per heavy atom. The number of alkyl halides is 2. The molecule has 0 bridgehead atoms. The van der Waals surface area contributed by atoms with Crippen LogP contribution in [-0.4, -0.2) is 29.1 Å². The van der Waals surface area contributed by atoms with Gasteiger partial charge in [-0.15, -0.1) is 0 Å². The first-order valence-corrected chi connectivity index (χ1v) is 29.7. The number of carbonyl (C=O) groups excluding carboxylic acids is 3. The molecule has 5 aromatic carbocycles. The van der Waals surface area contributed by atoms with Gasteiger partial charge in [0, 0.05) is 59.4 Å². The molecule has 482 valence electrons. The molecule has 0 atom stereocenters. The highest BCUT2D eigenvalue weighted by atomic mass is 79.9. The lowest BCUT2D eigenvalue weighted by atomic mass is 10.1. The number of carbonyl (C=O) groups is 3. The van der Waals surface area contributed by atoms with Crippen molar-refractivity contribution < 1.29 is 46.1 Å². The molecule has 94 heavy (non-hydrogen) atoms. The molecular weight excluding hydrogens is 1340 g/mol. The number of nitriles is 4. The van der Waals surface area contributed by atoms with Crippen molar-refractivity contribution in [2.45, 2.75) is 99.3 Å². The summed E-state index contributed by atoms with van der Waals surface area (Å²) in [5.41, 5.74) is 17.0. The minimum absolute atomic E-state index is 0.0376. The smallest absolute Gasteiger partial charge is 0.313 e. The predicted octanol–water partition coefficient (Wildman–Crippen LogP) is 13.4. The summed E-state index contributed by atoms with van der Waals surface area (Å²) in [6.45, 7) is 20.5. The monoisotopic (exact) mass is 1400 g/mol. The number of Topliss-reactive ketones (excluding diaryl/α,β-unsaturated/α-hetero) is 1. The zero-order valence-electron chi connectivity index (χ0n) is 52.9. The van der Waals surface area contributed by atoms with Crippen LogP contribution in [0.3, 0.4) is 0 Å². The minimum atomic E-state index is -0.575. The highest BCUT2D eigenvalue weighted by Crippen LogP contribution is 2.35. The van der Waals surface area contributed by atoms with E-state index in [4.69, 9.17) is 59.3 Å². The summed E-state index contributed by atoms with van der Waals surface area (Å²) in [6.07, 6.45) is 1.65. The number of nitro groups is 1. The lowest BCUT2D eigenvalue weighted by Gasteiger charge is -2.07. The van der Waals surface area contributed by atoms with Crippen LogP contribution in [0.1, 0.15) is 116 Å². The van der Waals surface area contributed by atoms with Crippen LogP contribution in [0.25, 0.3) is 54.8 Å². The van der Waals surface area contributed by atoms with E-state index >= 15 is 0 Å². The molecule has 23 nitrogen and oxygen atoms in total. The second-order valence-corrected chi connectivity index (χ2v) is 23.8. The van der Waals surface area contributed by atoms with Gasteiger partial charge in [-0.3, -0.25) is 48.5 Å². The number of ketones is 1. The molecule has 25 heteroatoms. The number of ether oxygens (including phenoxy) is 1. The number of aryl methyl sites for hydroxylation is 8. The maximum atomic E-state index is 11.9. The number of rotatable bonds is 6. The van der Waals surface area contributed by atoms with Gasteiger partial charge in [0.2, 0.25) is 0 Å². The van der Waals surface area contributed by atoms with Gasteiger partial charge in [0.15, 0.2) is 33.4 Å². The summed E-state index contributed by atoms with van der Waals surface area (Å²) in [4.78, 5) is 101. The number of hydrogen-bond donors (Lipinski definition) is 2. The van der Waals surface area contributed by atoms with Crippen LogP contribution in [-0.2, 0) is 14.3 Å². The summed E-state index contributed by atoms with van der Waals surface area (Å²) < 4.78 is 31.8. The van der Waals surface area contributed by atoms with Crippen LogP contribution < -0.4 is 38.6 Å². The molecule has 0 saturated heterocycles. The maximum Gasteiger partial charge on any atom is 0.313 e. The molecule has 0 radical (unpaired) electrons. The van der Waals surface area contributed by atoms with E-state index in [0.717, 1.165) is 16.7 Å². The Balaban J connectivity index is 0.000000237. The van der Waals surface area contributed by atoms with Gasteiger partial charge in [-0.05, 0) is 136 Å². The van der Waals surface area contributed by atoms with Crippen molar-refractivity contribution in [2.75, 3.05) is 5.73 Å². The van der Waals surface area contributed by atoms with Crippen LogP contribution in [0.4, 0.5) is 11.4 Å². The first-order chi connectivity index (χ1) is 44.2. The van der Waals surface area contributed by atoms with Crippen molar-refractivity contribution in [3.63, 3.8) is 0 Å². The van der Waals surface area contributed by atoms with Crippen molar-refractivity contribution in [3.8, 4) is 24.3 Å². The standard InChI is InChI=1S/C12H7Br2NO2.C12H7NO3.C12H9NO2.C11H9NO4.C11H11NO2.C7H12O3.C4H6N2/c1-6-4-9(16)10-7(5-15)2-3-8(12(13)14)11(10)17-6;1-7-4-10(15)11-8(5-13)2-3-9(6-14)12(11)16-7;1-7-3-4-9(6-13)11-10(14)5-8(2)15-12(7)11;1-6-3-4-8(12(14)15)10-9(13)5-7(2)16-11(6)10;1-6-3-4-8(12)10-9(13)5-7(2)14-11(6)10;1-5(2)10-7(9)4-6(3)8;1-4(6)2-3-5/h2-4,12H,1H3;2-4,6H,1H3;3-5H,1-2H3;3-5H,1-2H3;3-5H,12H2,1-2H3;5H,4H2,1-3H3;2H,6H2,1H3/b;;;;;;4-2+. The van der Waals surface area contributed by atoms with Crippen LogP contribution >= 0.6 is 31.9 Å². The maximum absolute atomic E-state index is 11.9. The lowest BCUT2D eigenvalue weighted by molar-refractivity contribution is -0.383. The SMILES string of the molecule is C/C(N)=C\C#N.CC(=O)CC(=O)OC(C)C.Cc1cc(=O)c2c(C#N)ccc(C(Br)Br)c2o1.Cc1cc(=O)c2c(C#N)ccc(C)c2o1.Cc1cc(=O)c2c(C#N)ccc(C=O)c2o1.Cc1cc(=O)c2c(N)ccc(C)c2o1.Cc1cc(=O)c2c([N+](=O)[O-])ccc(C)c2o1. The number of aldehydes is 1. The largest absolute Gasteiger partial charge is 0.463 e. The number of allylic oxidation sites excluding steroid dienone is 2. The van der Waals surface area contributed by atoms with E-state index in [2.05, 4.69) is 31.9 Å². The first-order valence-electron chi connectivity index (χ1n) is 27.8. The molecule has 5 heterocycles. The summed E-state index contributed by atoms with van der Waals surface area (Å²) >= 11 is 6.74. The van der Waals surface area contributed by atoms with Gasteiger partial charge >= 0.3 is 5.97 Å². The van der Waals surface area contributed by atoms with Crippen molar-refractivity contribution in [3.05, 3.63) is 237 Å². The zero-order chi connectivity index (χ0) is 70.6. The number of halogens is 2. The number of esters is 1. The van der Waals surface area contributed by atoms with E-state index in [9.17, 15) is 48.5 Å². The summed E-state index contributed by atoms with van der Waals surface area (Å²) in [5, 5.41) is 46.8. The fourth-order valence-electron chi connectivity index (χ4n) is 8.65. The van der Waals surface area contributed by atoms with E-state index in [1.54, 1.807) is 105 Å². The molecule has 0 aliphatic rings. The molecule has 0 fully saturated rings. The van der Waals surface area contributed by atoms with Crippen molar-refractivity contribution >= 4 is 116 Å². The number of fused-ring (bicyclic) bond motifs is 5. The molecular formula is C69H61Br2N7O16. The van der Waals surface area contributed by atoms with Crippen LogP contribution in [0, 0.1) is 111 Å². The lowest BCUT2D eigenvalue weighted by Crippen LogP contribution is -2.13. The molecule has 0 unspecified atom stereocenters. The van der Waals surface area contributed by atoms with Crippen molar-refractivity contribution in [2.24, 2.45) is 5.73 Å². The van der Waals surface area contributed by atoms with E-state index in [0.29, 0.717) is 102 Å². The molecule has 4 N–H and O–H groups in total.